The zero-order chi connectivity index (χ0) is 13.7. The minimum atomic E-state index is -0.0266. The first-order valence-electron chi connectivity index (χ1n) is 7.48. The Morgan fingerprint density at radius 2 is 2.26 bits per heavy atom. The van der Waals surface area contributed by atoms with Crippen molar-refractivity contribution in [3.05, 3.63) is 0 Å². The molecule has 2 saturated heterocycles. The molecule has 0 aromatic heterocycles. The van der Waals surface area contributed by atoms with Gasteiger partial charge < -0.3 is 20.3 Å². The summed E-state index contributed by atoms with van der Waals surface area (Å²) in [7, 11) is 2.15. The van der Waals surface area contributed by atoms with Gasteiger partial charge in [-0.2, -0.15) is 0 Å². The van der Waals surface area contributed by atoms with Crippen molar-refractivity contribution in [1.82, 2.24) is 15.5 Å². The van der Waals surface area contributed by atoms with Crippen LogP contribution in [0.15, 0.2) is 0 Å². The standard InChI is InChI=1S/C14H27N3O2/c1-3-15-13-10-19-9-12(13)14(18)16-7-11-5-4-6-17(2)8-11/h11-13,15H,3-10H2,1-2H3,(H,16,18). The predicted molar refractivity (Wildman–Crippen MR) is 75.0 cm³/mol. The third-order valence-corrected chi connectivity index (χ3v) is 4.17. The fourth-order valence-corrected chi connectivity index (χ4v) is 3.09. The topological polar surface area (TPSA) is 53.6 Å². The number of carbonyl (C=O) groups excluding carboxylic acids is 1. The molecule has 0 radical (unpaired) electrons. The van der Waals surface area contributed by atoms with E-state index in [1.807, 2.05) is 0 Å². The van der Waals surface area contributed by atoms with Gasteiger partial charge in [0.25, 0.3) is 0 Å². The van der Waals surface area contributed by atoms with Crippen LogP contribution in [-0.2, 0) is 9.53 Å². The van der Waals surface area contributed by atoms with Gasteiger partial charge in [-0.1, -0.05) is 6.92 Å². The molecule has 1 amide bonds. The number of amides is 1. The molecule has 0 aliphatic carbocycles. The molecule has 2 heterocycles. The molecule has 19 heavy (non-hydrogen) atoms. The Kier molecular flexibility index (Phi) is 5.60. The summed E-state index contributed by atoms with van der Waals surface area (Å²) in [4.78, 5) is 14.6. The van der Waals surface area contributed by atoms with Crippen LogP contribution in [0.2, 0.25) is 0 Å². The van der Waals surface area contributed by atoms with Crippen LogP contribution in [0.25, 0.3) is 0 Å². The molecule has 5 nitrogen and oxygen atoms in total. The lowest BCUT2D eigenvalue weighted by Gasteiger charge is -2.30. The largest absolute Gasteiger partial charge is 0.379 e. The van der Waals surface area contributed by atoms with Crippen LogP contribution in [0, 0.1) is 11.8 Å². The van der Waals surface area contributed by atoms with Gasteiger partial charge in [-0.05, 0) is 38.9 Å². The highest BCUT2D eigenvalue weighted by Crippen LogP contribution is 2.16. The molecular weight excluding hydrogens is 242 g/mol. The first-order valence-corrected chi connectivity index (χ1v) is 7.48. The molecule has 2 aliphatic rings. The lowest BCUT2D eigenvalue weighted by atomic mass is 9.97. The highest BCUT2D eigenvalue weighted by molar-refractivity contribution is 5.79. The van der Waals surface area contributed by atoms with Gasteiger partial charge >= 0.3 is 0 Å². The minimum absolute atomic E-state index is 0.0266. The lowest BCUT2D eigenvalue weighted by Crippen LogP contribution is -2.46. The van der Waals surface area contributed by atoms with Gasteiger partial charge in [0.2, 0.25) is 5.91 Å². The van der Waals surface area contributed by atoms with Gasteiger partial charge in [0, 0.05) is 19.1 Å². The highest BCUT2D eigenvalue weighted by atomic mass is 16.5. The van der Waals surface area contributed by atoms with Crippen LogP contribution in [0.5, 0.6) is 0 Å². The van der Waals surface area contributed by atoms with E-state index in [4.69, 9.17) is 4.74 Å². The Bertz CT molecular complexity index is 298. The van der Waals surface area contributed by atoms with E-state index in [2.05, 4.69) is 29.5 Å². The molecule has 3 unspecified atom stereocenters. The van der Waals surface area contributed by atoms with Gasteiger partial charge in [0.05, 0.1) is 19.1 Å². The fraction of sp³-hybridized carbons (Fsp3) is 0.929. The first kappa shape index (κ1) is 14.8. The van der Waals surface area contributed by atoms with Crippen LogP contribution in [0.3, 0.4) is 0 Å². The SMILES string of the molecule is CCNC1COCC1C(=O)NCC1CCCN(C)C1. The Morgan fingerprint density at radius 1 is 1.42 bits per heavy atom. The molecule has 110 valence electrons. The molecule has 5 heteroatoms. The number of hydrogen-bond donors (Lipinski definition) is 2. The predicted octanol–water partition coefficient (Wildman–Crippen LogP) is 0.0689. The highest BCUT2D eigenvalue weighted by Gasteiger charge is 2.33. The number of piperidine rings is 1. The Hall–Kier alpha value is -0.650. The maximum atomic E-state index is 12.2. The van der Waals surface area contributed by atoms with Crippen LogP contribution in [0.4, 0.5) is 0 Å². The van der Waals surface area contributed by atoms with Gasteiger partial charge in [-0.3, -0.25) is 4.79 Å². The number of carbonyl (C=O) groups is 1. The molecule has 0 saturated carbocycles. The summed E-state index contributed by atoms with van der Waals surface area (Å²) in [6.45, 7) is 7.22. The monoisotopic (exact) mass is 269 g/mol. The molecular formula is C14H27N3O2. The van der Waals surface area contributed by atoms with Gasteiger partial charge in [0.15, 0.2) is 0 Å². The van der Waals surface area contributed by atoms with Crippen LogP contribution < -0.4 is 10.6 Å². The second-order valence-corrected chi connectivity index (χ2v) is 5.82. The normalized spacial score (nSPS) is 32.4. The molecule has 3 atom stereocenters. The lowest BCUT2D eigenvalue weighted by molar-refractivity contribution is -0.125. The van der Waals surface area contributed by atoms with Crippen molar-refractivity contribution in [2.75, 3.05) is 46.4 Å². The maximum absolute atomic E-state index is 12.2. The summed E-state index contributed by atoms with van der Waals surface area (Å²) in [5, 5.41) is 6.44. The smallest absolute Gasteiger partial charge is 0.227 e. The Morgan fingerprint density at radius 3 is 3.00 bits per heavy atom. The fourth-order valence-electron chi connectivity index (χ4n) is 3.09. The molecule has 2 N–H and O–H groups in total. The van der Waals surface area contributed by atoms with E-state index in [0.717, 1.165) is 19.6 Å². The zero-order valence-electron chi connectivity index (χ0n) is 12.2. The van der Waals surface area contributed by atoms with Crippen molar-refractivity contribution in [3.8, 4) is 0 Å². The van der Waals surface area contributed by atoms with Crippen molar-refractivity contribution < 1.29 is 9.53 Å². The molecule has 0 aromatic rings. The van der Waals surface area contributed by atoms with Crippen LogP contribution in [-0.4, -0.2) is 63.3 Å². The molecule has 2 rings (SSSR count). The van der Waals surface area contributed by atoms with E-state index in [-0.39, 0.29) is 17.9 Å². The third-order valence-electron chi connectivity index (χ3n) is 4.17. The second-order valence-electron chi connectivity index (χ2n) is 5.82. The summed E-state index contributed by atoms with van der Waals surface area (Å²) in [6.07, 6.45) is 2.46. The minimum Gasteiger partial charge on any atom is -0.379 e. The number of likely N-dealkylation sites (tertiary alicyclic amines) is 1. The van der Waals surface area contributed by atoms with E-state index >= 15 is 0 Å². The molecule has 0 spiro atoms. The van der Waals surface area contributed by atoms with E-state index in [1.54, 1.807) is 0 Å². The van der Waals surface area contributed by atoms with Crippen molar-refractivity contribution in [2.24, 2.45) is 11.8 Å². The van der Waals surface area contributed by atoms with Crippen molar-refractivity contribution in [2.45, 2.75) is 25.8 Å². The number of hydrogen-bond acceptors (Lipinski definition) is 4. The van der Waals surface area contributed by atoms with Crippen molar-refractivity contribution >= 4 is 5.91 Å². The quantitative estimate of drug-likeness (QED) is 0.741. The second kappa shape index (κ2) is 7.22. The molecule has 0 aromatic carbocycles. The van der Waals surface area contributed by atoms with E-state index < -0.39 is 0 Å². The maximum Gasteiger partial charge on any atom is 0.227 e. The number of ether oxygens (including phenoxy) is 1. The average molecular weight is 269 g/mol. The molecule has 2 aliphatic heterocycles. The van der Waals surface area contributed by atoms with Crippen molar-refractivity contribution in [3.63, 3.8) is 0 Å². The first-order chi connectivity index (χ1) is 9.20. The van der Waals surface area contributed by atoms with Gasteiger partial charge in [-0.25, -0.2) is 0 Å². The number of rotatable bonds is 5. The number of nitrogens with one attached hydrogen (secondary N) is 2. The molecule has 2 fully saturated rings. The Labute approximate surface area is 116 Å². The van der Waals surface area contributed by atoms with Crippen molar-refractivity contribution in [1.29, 1.82) is 0 Å². The van der Waals surface area contributed by atoms with Crippen LogP contribution in [0.1, 0.15) is 19.8 Å². The van der Waals surface area contributed by atoms with Crippen LogP contribution >= 0.6 is 0 Å². The summed E-state index contributed by atoms with van der Waals surface area (Å²) in [6, 6.07) is 0.180. The summed E-state index contributed by atoms with van der Waals surface area (Å²) in [5.74, 6) is 0.723. The Balaban J connectivity index is 1.74. The van der Waals surface area contributed by atoms with E-state index in [9.17, 15) is 4.79 Å². The summed E-state index contributed by atoms with van der Waals surface area (Å²) in [5.41, 5.74) is 0. The number of nitrogens with zero attached hydrogens (tertiary/aromatic N) is 1. The van der Waals surface area contributed by atoms with Gasteiger partial charge in [-0.15, -0.1) is 0 Å². The van der Waals surface area contributed by atoms with E-state index in [1.165, 1.54) is 19.4 Å². The third kappa shape index (κ3) is 4.16. The average Bonchev–Trinajstić information content (AvgIpc) is 2.85. The number of likely N-dealkylation sites (N-methyl/N-ethyl adjacent to an activating group) is 1. The summed E-state index contributed by atoms with van der Waals surface area (Å²) < 4.78 is 5.42. The molecule has 0 bridgehead atoms. The van der Waals surface area contributed by atoms with E-state index in [0.29, 0.717) is 19.1 Å². The van der Waals surface area contributed by atoms with Gasteiger partial charge in [0.1, 0.15) is 0 Å². The summed E-state index contributed by atoms with van der Waals surface area (Å²) >= 11 is 0. The zero-order valence-corrected chi connectivity index (χ0v) is 12.2.